The normalized spacial score (nSPS) is 22.6. The molecular formula is C12H18N2OS. The van der Waals surface area contributed by atoms with Gasteiger partial charge in [0.2, 0.25) is 0 Å². The lowest BCUT2D eigenvalue weighted by Crippen LogP contribution is -2.38. The van der Waals surface area contributed by atoms with Gasteiger partial charge in [-0.1, -0.05) is 6.42 Å². The molecule has 2 heterocycles. The molecule has 0 saturated carbocycles. The predicted molar refractivity (Wildman–Crippen MR) is 65.9 cm³/mol. The number of aldehydes is 1. The van der Waals surface area contributed by atoms with Gasteiger partial charge in [0, 0.05) is 12.2 Å². The minimum absolute atomic E-state index is 0.424. The number of thiazole rings is 1. The average molecular weight is 238 g/mol. The molecule has 16 heavy (non-hydrogen) atoms. The van der Waals surface area contributed by atoms with Gasteiger partial charge in [-0.2, -0.15) is 0 Å². The SMILES string of the molecule is CC(C)N1CCCCC1c1ncc(C=O)s1. The highest BCUT2D eigenvalue weighted by Crippen LogP contribution is 2.34. The minimum atomic E-state index is 0.424. The summed E-state index contributed by atoms with van der Waals surface area (Å²) in [7, 11) is 0. The van der Waals surface area contributed by atoms with E-state index in [1.807, 2.05) is 0 Å². The Bertz CT molecular complexity index is 362. The fourth-order valence-electron chi connectivity index (χ4n) is 2.35. The van der Waals surface area contributed by atoms with Gasteiger partial charge in [0.05, 0.1) is 10.9 Å². The van der Waals surface area contributed by atoms with Crippen LogP contribution in [0.4, 0.5) is 0 Å². The predicted octanol–water partition coefficient (Wildman–Crippen LogP) is 2.89. The van der Waals surface area contributed by atoms with E-state index >= 15 is 0 Å². The topological polar surface area (TPSA) is 33.2 Å². The van der Waals surface area contributed by atoms with Crippen molar-refractivity contribution >= 4 is 17.6 Å². The maximum atomic E-state index is 10.7. The molecule has 1 atom stereocenters. The van der Waals surface area contributed by atoms with E-state index in [2.05, 4.69) is 23.7 Å². The monoisotopic (exact) mass is 238 g/mol. The molecule has 4 heteroatoms. The van der Waals surface area contributed by atoms with Crippen molar-refractivity contribution in [2.45, 2.75) is 45.2 Å². The lowest BCUT2D eigenvalue weighted by molar-refractivity contribution is 0.112. The largest absolute Gasteiger partial charge is 0.297 e. The summed E-state index contributed by atoms with van der Waals surface area (Å²) in [5, 5.41) is 1.11. The van der Waals surface area contributed by atoms with Crippen molar-refractivity contribution in [1.29, 1.82) is 0 Å². The molecule has 88 valence electrons. The van der Waals surface area contributed by atoms with Crippen LogP contribution in [0.25, 0.3) is 0 Å². The molecule has 1 saturated heterocycles. The molecule has 2 rings (SSSR count). The Morgan fingerprint density at radius 3 is 3.00 bits per heavy atom. The van der Waals surface area contributed by atoms with Crippen molar-refractivity contribution in [3.8, 4) is 0 Å². The fourth-order valence-corrected chi connectivity index (χ4v) is 3.24. The zero-order valence-electron chi connectivity index (χ0n) is 9.85. The van der Waals surface area contributed by atoms with Gasteiger partial charge in [0.1, 0.15) is 5.01 Å². The van der Waals surface area contributed by atoms with Crippen molar-refractivity contribution in [3.63, 3.8) is 0 Å². The van der Waals surface area contributed by atoms with Crippen molar-refractivity contribution in [3.05, 3.63) is 16.1 Å². The molecule has 0 aromatic carbocycles. The maximum absolute atomic E-state index is 10.7. The number of likely N-dealkylation sites (tertiary alicyclic amines) is 1. The third-order valence-corrected chi connectivity index (χ3v) is 4.17. The summed E-state index contributed by atoms with van der Waals surface area (Å²) in [6, 6.07) is 0.973. The summed E-state index contributed by atoms with van der Waals surface area (Å²) in [4.78, 5) is 18.3. The molecule has 0 N–H and O–H groups in total. The Balaban J connectivity index is 2.19. The van der Waals surface area contributed by atoms with Crippen molar-refractivity contribution in [1.82, 2.24) is 9.88 Å². The van der Waals surface area contributed by atoms with E-state index in [9.17, 15) is 4.79 Å². The van der Waals surface area contributed by atoms with Crippen LogP contribution in [-0.4, -0.2) is 28.8 Å². The molecule has 1 fully saturated rings. The Morgan fingerprint density at radius 1 is 1.56 bits per heavy atom. The molecule has 0 bridgehead atoms. The number of piperidine rings is 1. The van der Waals surface area contributed by atoms with Gasteiger partial charge in [-0.25, -0.2) is 4.98 Å². The van der Waals surface area contributed by atoms with Gasteiger partial charge >= 0.3 is 0 Å². The van der Waals surface area contributed by atoms with Crippen LogP contribution in [0.15, 0.2) is 6.20 Å². The van der Waals surface area contributed by atoms with E-state index in [4.69, 9.17) is 0 Å². The number of hydrogen-bond donors (Lipinski definition) is 0. The van der Waals surface area contributed by atoms with Gasteiger partial charge in [-0.3, -0.25) is 9.69 Å². The first-order valence-electron chi connectivity index (χ1n) is 5.89. The lowest BCUT2D eigenvalue weighted by Gasteiger charge is -2.37. The summed E-state index contributed by atoms with van der Waals surface area (Å²) < 4.78 is 0. The van der Waals surface area contributed by atoms with Crippen molar-refractivity contribution in [2.24, 2.45) is 0 Å². The van der Waals surface area contributed by atoms with E-state index < -0.39 is 0 Å². The molecule has 0 spiro atoms. The third-order valence-electron chi connectivity index (χ3n) is 3.15. The number of carbonyl (C=O) groups excluding carboxylic acids is 1. The molecule has 0 aliphatic carbocycles. The Kier molecular flexibility index (Phi) is 3.71. The standard InChI is InChI=1S/C12H18N2OS/c1-9(2)14-6-4-3-5-11(14)12-13-7-10(8-15)16-12/h7-9,11H,3-6H2,1-2H3. The van der Waals surface area contributed by atoms with E-state index in [1.165, 1.54) is 30.6 Å². The van der Waals surface area contributed by atoms with E-state index in [0.29, 0.717) is 12.1 Å². The van der Waals surface area contributed by atoms with Crippen LogP contribution < -0.4 is 0 Å². The number of nitrogens with zero attached hydrogens (tertiary/aromatic N) is 2. The molecule has 1 aromatic heterocycles. The Morgan fingerprint density at radius 2 is 2.38 bits per heavy atom. The number of rotatable bonds is 3. The first-order valence-corrected chi connectivity index (χ1v) is 6.70. The second kappa shape index (κ2) is 5.06. The highest BCUT2D eigenvalue weighted by atomic mass is 32.1. The van der Waals surface area contributed by atoms with Crippen LogP contribution in [0.1, 0.15) is 53.8 Å². The second-order valence-electron chi connectivity index (χ2n) is 4.56. The zero-order valence-corrected chi connectivity index (χ0v) is 10.7. The fraction of sp³-hybridized carbons (Fsp3) is 0.667. The summed E-state index contributed by atoms with van der Waals surface area (Å²) in [6.07, 6.45) is 6.30. The van der Waals surface area contributed by atoms with Crippen LogP contribution in [0, 0.1) is 0 Å². The summed E-state index contributed by atoms with van der Waals surface area (Å²) in [6.45, 7) is 5.61. The van der Waals surface area contributed by atoms with Crippen LogP contribution in [-0.2, 0) is 0 Å². The maximum Gasteiger partial charge on any atom is 0.161 e. The highest BCUT2D eigenvalue weighted by Gasteiger charge is 2.27. The Hall–Kier alpha value is -0.740. The molecule has 1 unspecified atom stereocenters. The van der Waals surface area contributed by atoms with Crippen LogP contribution in [0.3, 0.4) is 0 Å². The smallest absolute Gasteiger partial charge is 0.161 e. The number of aromatic nitrogens is 1. The first-order chi connectivity index (χ1) is 7.72. The highest BCUT2D eigenvalue weighted by molar-refractivity contribution is 7.13. The number of carbonyl (C=O) groups is 1. The van der Waals surface area contributed by atoms with Crippen molar-refractivity contribution in [2.75, 3.05) is 6.54 Å². The van der Waals surface area contributed by atoms with Gasteiger partial charge < -0.3 is 0 Å². The molecule has 1 aromatic rings. The summed E-state index contributed by atoms with van der Waals surface area (Å²) >= 11 is 1.54. The molecule has 1 aliphatic heterocycles. The summed E-state index contributed by atoms with van der Waals surface area (Å²) in [5.41, 5.74) is 0. The van der Waals surface area contributed by atoms with E-state index in [1.54, 1.807) is 6.20 Å². The Labute approximate surface area is 100 Å². The first kappa shape index (κ1) is 11.7. The lowest BCUT2D eigenvalue weighted by atomic mass is 10.0. The molecule has 0 amide bonds. The van der Waals surface area contributed by atoms with Crippen LogP contribution in [0.5, 0.6) is 0 Å². The zero-order chi connectivity index (χ0) is 11.5. The second-order valence-corrected chi connectivity index (χ2v) is 5.66. The van der Waals surface area contributed by atoms with Gasteiger partial charge in [-0.15, -0.1) is 11.3 Å². The minimum Gasteiger partial charge on any atom is -0.297 e. The van der Waals surface area contributed by atoms with E-state index in [0.717, 1.165) is 22.7 Å². The average Bonchev–Trinajstić information content (AvgIpc) is 2.77. The van der Waals surface area contributed by atoms with E-state index in [-0.39, 0.29) is 0 Å². The van der Waals surface area contributed by atoms with Gasteiger partial charge in [-0.05, 0) is 33.2 Å². The summed E-state index contributed by atoms with van der Waals surface area (Å²) in [5.74, 6) is 0. The third kappa shape index (κ3) is 2.33. The van der Waals surface area contributed by atoms with Crippen LogP contribution >= 0.6 is 11.3 Å². The molecule has 1 aliphatic rings. The number of hydrogen-bond acceptors (Lipinski definition) is 4. The van der Waals surface area contributed by atoms with Gasteiger partial charge in [0.15, 0.2) is 6.29 Å². The molecule has 0 radical (unpaired) electrons. The van der Waals surface area contributed by atoms with Gasteiger partial charge in [0.25, 0.3) is 0 Å². The molecule has 3 nitrogen and oxygen atoms in total. The van der Waals surface area contributed by atoms with Crippen molar-refractivity contribution < 1.29 is 4.79 Å². The quantitative estimate of drug-likeness (QED) is 0.759. The molecular weight excluding hydrogens is 220 g/mol. The van der Waals surface area contributed by atoms with Crippen LogP contribution in [0.2, 0.25) is 0 Å².